The maximum atomic E-state index is 10.00. The molecule has 2 aromatic rings. The molecule has 1 unspecified atom stereocenters. The number of aryl methyl sites for hydroxylation is 1. The van der Waals surface area contributed by atoms with Crippen molar-refractivity contribution in [1.29, 1.82) is 0 Å². The molecule has 0 aliphatic carbocycles. The van der Waals surface area contributed by atoms with E-state index in [1.807, 2.05) is 30.3 Å². The molecule has 0 saturated heterocycles. The van der Waals surface area contributed by atoms with Gasteiger partial charge in [-0.05, 0) is 46.8 Å². The van der Waals surface area contributed by atoms with E-state index in [9.17, 15) is 5.11 Å². The molecule has 1 nitrogen and oxygen atoms in total. The van der Waals surface area contributed by atoms with Crippen LogP contribution in [0.4, 0.5) is 0 Å². The van der Waals surface area contributed by atoms with E-state index in [0.717, 1.165) is 29.3 Å². The van der Waals surface area contributed by atoms with Gasteiger partial charge in [-0.3, -0.25) is 0 Å². The third kappa shape index (κ3) is 3.95. The van der Waals surface area contributed by atoms with Crippen molar-refractivity contribution in [3.05, 3.63) is 56.7 Å². The first-order valence-corrected chi connectivity index (χ1v) is 7.39. The summed E-state index contributed by atoms with van der Waals surface area (Å²) in [6.45, 7) is 0. The average Bonchev–Trinajstić information content (AvgIpc) is 2.76. The molecule has 1 heterocycles. The summed E-state index contributed by atoms with van der Waals surface area (Å²) in [5.74, 6) is 0. The normalized spacial score (nSPS) is 12.6. The van der Waals surface area contributed by atoms with Gasteiger partial charge < -0.3 is 5.11 Å². The van der Waals surface area contributed by atoms with E-state index in [1.54, 1.807) is 11.3 Å². The zero-order chi connectivity index (χ0) is 12.1. The summed E-state index contributed by atoms with van der Waals surface area (Å²) in [6, 6.07) is 12.0. The monoisotopic (exact) mass is 310 g/mol. The van der Waals surface area contributed by atoms with Crippen LogP contribution >= 0.6 is 27.3 Å². The lowest BCUT2D eigenvalue weighted by atomic mass is 10.0. The third-order valence-corrected chi connectivity index (χ3v) is 4.46. The number of thiophene rings is 1. The second kappa shape index (κ2) is 6.34. The van der Waals surface area contributed by atoms with Crippen LogP contribution in [-0.4, -0.2) is 5.11 Å². The van der Waals surface area contributed by atoms with Crippen LogP contribution in [0.5, 0.6) is 0 Å². The van der Waals surface area contributed by atoms with E-state index in [4.69, 9.17) is 0 Å². The maximum Gasteiger partial charge on any atom is 0.0790 e. The molecule has 0 fully saturated rings. The van der Waals surface area contributed by atoms with E-state index in [1.165, 1.54) is 4.88 Å². The quantitative estimate of drug-likeness (QED) is 0.858. The van der Waals surface area contributed by atoms with E-state index in [0.29, 0.717) is 0 Å². The largest absolute Gasteiger partial charge is 0.388 e. The SMILES string of the molecule is OC(CCCc1cc(Br)cs1)c1ccccc1. The Morgan fingerprint density at radius 2 is 2.00 bits per heavy atom. The number of benzene rings is 1. The van der Waals surface area contributed by atoms with E-state index in [2.05, 4.69) is 27.4 Å². The van der Waals surface area contributed by atoms with Gasteiger partial charge in [-0.2, -0.15) is 0 Å². The Morgan fingerprint density at radius 3 is 2.65 bits per heavy atom. The molecular weight excluding hydrogens is 296 g/mol. The van der Waals surface area contributed by atoms with Gasteiger partial charge in [0.05, 0.1) is 6.10 Å². The van der Waals surface area contributed by atoms with Gasteiger partial charge >= 0.3 is 0 Å². The molecule has 0 spiro atoms. The third-order valence-electron chi connectivity index (χ3n) is 2.71. The highest BCUT2D eigenvalue weighted by molar-refractivity contribution is 9.10. The fourth-order valence-electron chi connectivity index (χ4n) is 1.80. The lowest BCUT2D eigenvalue weighted by Gasteiger charge is -2.09. The Bertz CT molecular complexity index is 452. The van der Waals surface area contributed by atoms with E-state index < -0.39 is 0 Å². The zero-order valence-corrected chi connectivity index (χ0v) is 11.9. The highest BCUT2D eigenvalue weighted by Crippen LogP contribution is 2.23. The van der Waals surface area contributed by atoms with Crippen LogP contribution in [0.3, 0.4) is 0 Å². The molecule has 3 heteroatoms. The maximum absolute atomic E-state index is 10.00. The molecule has 1 aromatic heterocycles. The van der Waals surface area contributed by atoms with Gasteiger partial charge in [-0.1, -0.05) is 30.3 Å². The van der Waals surface area contributed by atoms with Crippen molar-refractivity contribution in [3.8, 4) is 0 Å². The van der Waals surface area contributed by atoms with Gasteiger partial charge in [-0.15, -0.1) is 11.3 Å². The highest BCUT2D eigenvalue weighted by atomic mass is 79.9. The summed E-state index contributed by atoms with van der Waals surface area (Å²) in [5, 5.41) is 12.1. The number of aliphatic hydroxyl groups excluding tert-OH is 1. The van der Waals surface area contributed by atoms with Gasteiger partial charge in [0.2, 0.25) is 0 Å². The Kier molecular flexibility index (Phi) is 4.77. The van der Waals surface area contributed by atoms with Crippen LogP contribution in [-0.2, 0) is 6.42 Å². The summed E-state index contributed by atoms with van der Waals surface area (Å²) in [6.07, 6.45) is 2.54. The number of aliphatic hydroxyl groups is 1. The highest BCUT2D eigenvalue weighted by Gasteiger charge is 2.06. The van der Waals surface area contributed by atoms with Crippen molar-refractivity contribution in [1.82, 2.24) is 0 Å². The first kappa shape index (κ1) is 12.8. The molecule has 0 aliphatic heterocycles. The Labute approximate surface area is 114 Å². The summed E-state index contributed by atoms with van der Waals surface area (Å²) in [4.78, 5) is 1.37. The molecule has 2 rings (SSSR count). The van der Waals surface area contributed by atoms with Gasteiger partial charge in [0.25, 0.3) is 0 Å². The minimum absolute atomic E-state index is 0.334. The second-order valence-corrected chi connectivity index (χ2v) is 5.96. The first-order chi connectivity index (χ1) is 8.25. The summed E-state index contributed by atoms with van der Waals surface area (Å²) < 4.78 is 1.15. The minimum Gasteiger partial charge on any atom is -0.388 e. The lowest BCUT2D eigenvalue weighted by Crippen LogP contribution is -1.97. The van der Waals surface area contributed by atoms with Crippen LogP contribution in [0, 0.1) is 0 Å². The van der Waals surface area contributed by atoms with Gasteiger partial charge in [0, 0.05) is 14.7 Å². The molecule has 0 saturated carbocycles. The topological polar surface area (TPSA) is 20.2 Å². The first-order valence-electron chi connectivity index (χ1n) is 5.71. The Hall–Kier alpha value is -0.640. The fraction of sp³-hybridized carbons (Fsp3) is 0.286. The smallest absolute Gasteiger partial charge is 0.0790 e. The Balaban J connectivity index is 1.79. The Morgan fingerprint density at radius 1 is 1.24 bits per heavy atom. The van der Waals surface area contributed by atoms with Crippen LogP contribution in [0.25, 0.3) is 0 Å². The molecule has 17 heavy (non-hydrogen) atoms. The molecule has 90 valence electrons. The van der Waals surface area contributed by atoms with E-state index in [-0.39, 0.29) is 6.10 Å². The average molecular weight is 311 g/mol. The molecule has 0 amide bonds. The van der Waals surface area contributed by atoms with Crippen molar-refractivity contribution in [2.45, 2.75) is 25.4 Å². The minimum atomic E-state index is -0.334. The number of halogens is 1. The van der Waals surface area contributed by atoms with Crippen molar-refractivity contribution in [2.24, 2.45) is 0 Å². The molecule has 1 atom stereocenters. The molecule has 0 radical (unpaired) electrons. The van der Waals surface area contributed by atoms with Crippen LogP contribution < -0.4 is 0 Å². The lowest BCUT2D eigenvalue weighted by molar-refractivity contribution is 0.165. The molecule has 1 N–H and O–H groups in total. The van der Waals surface area contributed by atoms with E-state index >= 15 is 0 Å². The summed E-state index contributed by atoms with van der Waals surface area (Å²) in [7, 11) is 0. The van der Waals surface area contributed by atoms with Crippen molar-refractivity contribution >= 4 is 27.3 Å². The molecule has 0 aliphatic rings. The van der Waals surface area contributed by atoms with Crippen molar-refractivity contribution in [3.63, 3.8) is 0 Å². The van der Waals surface area contributed by atoms with Crippen LogP contribution in [0.15, 0.2) is 46.3 Å². The van der Waals surface area contributed by atoms with Gasteiger partial charge in [0.15, 0.2) is 0 Å². The standard InChI is InChI=1S/C14H15BrOS/c15-12-9-13(17-10-12)7-4-8-14(16)11-5-2-1-3-6-11/h1-3,5-6,9-10,14,16H,4,7-8H2. The number of hydrogen-bond acceptors (Lipinski definition) is 2. The molecule has 1 aromatic carbocycles. The predicted octanol–water partition coefficient (Wildman–Crippen LogP) is 4.57. The number of rotatable bonds is 5. The van der Waals surface area contributed by atoms with Crippen molar-refractivity contribution < 1.29 is 5.11 Å². The zero-order valence-electron chi connectivity index (χ0n) is 9.47. The molecule has 0 bridgehead atoms. The van der Waals surface area contributed by atoms with Crippen LogP contribution in [0.1, 0.15) is 29.4 Å². The van der Waals surface area contributed by atoms with Gasteiger partial charge in [0.1, 0.15) is 0 Å². The van der Waals surface area contributed by atoms with Crippen LogP contribution in [0.2, 0.25) is 0 Å². The summed E-state index contributed by atoms with van der Waals surface area (Å²) in [5.41, 5.74) is 1.01. The predicted molar refractivity (Wildman–Crippen MR) is 76.4 cm³/mol. The fourth-order valence-corrected chi connectivity index (χ4v) is 3.29. The molecular formula is C14H15BrOS. The second-order valence-electron chi connectivity index (χ2n) is 4.05. The number of hydrogen-bond donors (Lipinski definition) is 1. The summed E-state index contributed by atoms with van der Waals surface area (Å²) >= 11 is 5.22. The van der Waals surface area contributed by atoms with Crippen molar-refractivity contribution in [2.75, 3.05) is 0 Å². The van der Waals surface area contributed by atoms with Gasteiger partial charge in [-0.25, -0.2) is 0 Å².